The first-order chi connectivity index (χ1) is 21.0. The Morgan fingerprint density at radius 3 is 1.88 bits per heavy atom. The molecule has 1 heterocycles. The molecule has 0 saturated carbocycles. The van der Waals surface area contributed by atoms with E-state index in [9.17, 15) is 0 Å². The van der Waals surface area contributed by atoms with Crippen LogP contribution in [0.1, 0.15) is 47.8 Å². The second-order valence-electron chi connectivity index (χ2n) is 11.9. The highest BCUT2D eigenvalue weighted by Gasteiger charge is 2.35. The van der Waals surface area contributed by atoms with E-state index in [1.807, 2.05) is 36.4 Å². The average molecular weight is 554 g/mol. The Kier molecular flexibility index (Phi) is 5.87. The van der Waals surface area contributed by atoms with E-state index in [4.69, 9.17) is 9.98 Å². The fourth-order valence-electron chi connectivity index (χ4n) is 6.56. The molecule has 2 aliphatic rings. The molecule has 3 nitrogen and oxygen atoms in total. The molecular weight excluding hydrogens is 522 g/mol. The van der Waals surface area contributed by atoms with Crippen molar-refractivity contribution in [3.05, 3.63) is 167 Å². The number of benzene rings is 6. The van der Waals surface area contributed by atoms with E-state index in [0.29, 0.717) is 0 Å². The van der Waals surface area contributed by atoms with Crippen LogP contribution < -0.4 is 5.32 Å². The third-order valence-corrected chi connectivity index (χ3v) is 8.92. The molecule has 6 aromatic rings. The predicted molar refractivity (Wildman–Crippen MR) is 179 cm³/mol. The predicted octanol–water partition coefficient (Wildman–Crippen LogP) is 9.31. The Labute approximate surface area is 252 Å². The van der Waals surface area contributed by atoms with Gasteiger partial charge in [0.05, 0.1) is 0 Å². The SMILES string of the molecule is CC1(C)c2ccc(-c3ccc(C4=NC(c5ccccc5)NC(c5ccccc5)=N4)cc3)cc2-c2cc3ccccc3cc21. The number of rotatable bonds is 4. The van der Waals surface area contributed by atoms with Crippen LogP contribution in [0.2, 0.25) is 0 Å². The first-order valence-electron chi connectivity index (χ1n) is 14.9. The van der Waals surface area contributed by atoms with Gasteiger partial charge in [-0.15, -0.1) is 0 Å². The van der Waals surface area contributed by atoms with Gasteiger partial charge in [0.2, 0.25) is 0 Å². The minimum atomic E-state index is -0.209. The van der Waals surface area contributed by atoms with Gasteiger partial charge < -0.3 is 5.32 Å². The Morgan fingerprint density at radius 1 is 0.535 bits per heavy atom. The molecule has 1 atom stereocenters. The largest absolute Gasteiger partial charge is 0.344 e. The molecule has 43 heavy (non-hydrogen) atoms. The normalized spacial score (nSPS) is 16.6. The standard InChI is InChI=1S/C40H31N3/c1-40(2)35-22-21-32(24-33(35)34-23-30-15-9-10-16-31(30)25-36(34)40)26-17-19-29(20-18-26)39-42-37(27-11-5-3-6-12-27)41-38(43-39)28-13-7-4-8-14-28/h3-25,37H,1-2H3,(H,41,42,43). The van der Waals surface area contributed by atoms with Gasteiger partial charge in [-0.05, 0) is 67.9 Å². The van der Waals surface area contributed by atoms with Crippen molar-refractivity contribution in [3.8, 4) is 22.3 Å². The lowest BCUT2D eigenvalue weighted by molar-refractivity contribution is 0.661. The van der Waals surface area contributed by atoms with E-state index in [0.717, 1.165) is 28.4 Å². The summed E-state index contributed by atoms with van der Waals surface area (Å²) in [7, 11) is 0. The Morgan fingerprint density at radius 2 is 1.14 bits per heavy atom. The van der Waals surface area contributed by atoms with Gasteiger partial charge in [0.15, 0.2) is 5.84 Å². The van der Waals surface area contributed by atoms with Crippen LogP contribution in [-0.2, 0) is 5.41 Å². The van der Waals surface area contributed by atoms with Crippen LogP contribution in [0.5, 0.6) is 0 Å². The van der Waals surface area contributed by atoms with Gasteiger partial charge in [0.1, 0.15) is 12.0 Å². The van der Waals surface area contributed by atoms with Crippen molar-refractivity contribution in [1.82, 2.24) is 5.32 Å². The molecule has 1 N–H and O–H groups in total. The minimum absolute atomic E-state index is 0.0337. The maximum absolute atomic E-state index is 5.03. The van der Waals surface area contributed by atoms with E-state index < -0.39 is 0 Å². The maximum Gasteiger partial charge on any atom is 0.159 e. The average Bonchev–Trinajstić information content (AvgIpc) is 3.29. The summed E-state index contributed by atoms with van der Waals surface area (Å²) in [5, 5.41) is 6.12. The summed E-state index contributed by atoms with van der Waals surface area (Å²) in [5.41, 5.74) is 11.0. The summed E-state index contributed by atoms with van der Waals surface area (Å²) in [6.07, 6.45) is -0.209. The van der Waals surface area contributed by atoms with Crippen molar-refractivity contribution in [2.45, 2.75) is 25.4 Å². The number of nitrogens with one attached hydrogen (secondary N) is 1. The topological polar surface area (TPSA) is 36.8 Å². The molecule has 0 spiro atoms. The number of nitrogens with zero attached hydrogens (tertiary/aromatic N) is 2. The van der Waals surface area contributed by atoms with Gasteiger partial charge in [-0.25, -0.2) is 9.98 Å². The Balaban J connectivity index is 1.17. The van der Waals surface area contributed by atoms with E-state index >= 15 is 0 Å². The van der Waals surface area contributed by atoms with Crippen LogP contribution >= 0.6 is 0 Å². The van der Waals surface area contributed by atoms with E-state index in [1.54, 1.807) is 0 Å². The second kappa shape index (κ2) is 9.92. The van der Waals surface area contributed by atoms with Crippen LogP contribution in [0.15, 0.2) is 150 Å². The highest BCUT2D eigenvalue weighted by molar-refractivity contribution is 6.13. The second-order valence-corrected chi connectivity index (χ2v) is 11.9. The summed E-state index contributed by atoms with van der Waals surface area (Å²) in [6.45, 7) is 4.68. The fraction of sp³-hybridized carbons (Fsp3) is 0.100. The number of amidine groups is 2. The number of fused-ring (bicyclic) bond motifs is 4. The number of aliphatic imine (C=N–C) groups is 2. The monoisotopic (exact) mass is 553 g/mol. The Bertz CT molecular complexity index is 2050. The van der Waals surface area contributed by atoms with Gasteiger partial charge >= 0.3 is 0 Å². The van der Waals surface area contributed by atoms with Crippen molar-refractivity contribution in [3.63, 3.8) is 0 Å². The number of hydrogen-bond donors (Lipinski definition) is 1. The lowest BCUT2D eigenvalue weighted by Crippen LogP contribution is -2.33. The third-order valence-electron chi connectivity index (χ3n) is 8.92. The molecule has 3 heteroatoms. The van der Waals surface area contributed by atoms with E-state index in [1.165, 1.54) is 44.2 Å². The van der Waals surface area contributed by atoms with Gasteiger partial charge in [-0.1, -0.05) is 135 Å². The molecule has 0 aromatic heterocycles. The number of hydrogen-bond acceptors (Lipinski definition) is 3. The summed E-state index contributed by atoms with van der Waals surface area (Å²) in [5.74, 6) is 1.56. The molecule has 0 bridgehead atoms. The van der Waals surface area contributed by atoms with Crippen LogP contribution in [0.3, 0.4) is 0 Å². The summed E-state index contributed by atoms with van der Waals surface area (Å²) in [6, 6.07) is 49.6. The quantitative estimate of drug-likeness (QED) is 0.232. The van der Waals surface area contributed by atoms with Crippen molar-refractivity contribution in [2.75, 3.05) is 0 Å². The summed E-state index contributed by atoms with van der Waals surface area (Å²) >= 11 is 0. The van der Waals surface area contributed by atoms with Crippen molar-refractivity contribution in [1.29, 1.82) is 0 Å². The highest BCUT2D eigenvalue weighted by atomic mass is 15.2. The molecule has 1 aliphatic carbocycles. The molecule has 0 saturated heterocycles. The van der Waals surface area contributed by atoms with E-state index in [-0.39, 0.29) is 11.6 Å². The van der Waals surface area contributed by atoms with Gasteiger partial charge in [-0.2, -0.15) is 0 Å². The molecule has 0 radical (unpaired) electrons. The highest BCUT2D eigenvalue weighted by Crippen LogP contribution is 2.50. The maximum atomic E-state index is 5.03. The van der Waals surface area contributed by atoms with Crippen LogP contribution in [0.25, 0.3) is 33.0 Å². The molecule has 1 unspecified atom stereocenters. The molecule has 206 valence electrons. The zero-order valence-electron chi connectivity index (χ0n) is 24.3. The third kappa shape index (κ3) is 4.36. The molecule has 6 aromatic carbocycles. The first kappa shape index (κ1) is 25.4. The minimum Gasteiger partial charge on any atom is -0.344 e. The smallest absolute Gasteiger partial charge is 0.159 e. The summed E-state index contributed by atoms with van der Waals surface area (Å²) < 4.78 is 0. The lowest BCUT2D eigenvalue weighted by Gasteiger charge is -2.23. The fourth-order valence-corrected chi connectivity index (χ4v) is 6.56. The van der Waals surface area contributed by atoms with Crippen LogP contribution in [-0.4, -0.2) is 11.7 Å². The molecule has 1 aliphatic heterocycles. The first-order valence-corrected chi connectivity index (χ1v) is 14.9. The molecular formula is C40H31N3. The Hall–Kier alpha value is -5.28. The summed E-state index contributed by atoms with van der Waals surface area (Å²) in [4.78, 5) is 10.0. The molecule has 0 amide bonds. The van der Waals surface area contributed by atoms with Crippen LogP contribution in [0.4, 0.5) is 0 Å². The van der Waals surface area contributed by atoms with Crippen LogP contribution in [0, 0.1) is 0 Å². The van der Waals surface area contributed by atoms with Gasteiger partial charge in [0, 0.05) is 16.5 Å². The zero-order chi connectivity index (χ0) is 29.0. The molecule has 0 fully saturated rings. The van der Waals surface area contributed by atoms with Crippen molar-refractivity contribution in [2.24, 2.45) is 9.98 Å². The molecule has 8 rings (SSSR count). The zero-order valence-corrected chi connectivity index (χ0v) is 24.3. The van der Waals surface area contributed by atoms with Crippen molar-refractivity contribution >= 4 is 22.4 Å². The van der Waals surface area contributed by atoms with Crippen molar-refractivity contribution < 1.29 is 0 Å². The van der Waals surface area contributed by atoms with Gasteiger partial charge in [-0.3, -0.25) is 0 Å². The lowest BCUT2D eigenvalue weighted by atomic mass is 9.81. The van der Waals surface area contributed by atoms with E-state index in [2.05, 4.69) is 122 Å². The van der Waals surface area contributed by atoms with Gasteiger partial charge in [0.25, 0.3) is 0 Å².